The van der Waals surface area contributed by atoms with Crippen LogP contribution in [0.3, 0.4) is 0 Å². The first-order valence-electron chi connectivity index (χ1n) is 34.1. The summed E-state index contributed by atoms with van der Waals surface area (Å²) in [5, 5.41) is 32.9. The summed E-state index contributed by atoms with van der Waals surface area (Å²) in [5.74, 6) is 1.09. The number of methoxy groups -OCH3 is 2. The number of nitrogens with zero attached hydrogens (tertiary/aromatic N) is 4. The highest BCUT2D eigenvalue weighted by Crippen LogP contribution is 2.42. The number of amides is 2. The van der Waals surface area contributed by atoms with E-state index >= 15 is 0 Å². The van der Waals surface area contributed by atoms with E-state index in [2.05, 4.69) is 85.0 Å². The molecule has 0 aliphatic heterocycles. The van der Waals surface area contributed by atoms with Gasteiger partial charge in [0.1, 0.15) is 23.0 Å². The van der Waals surface area contributed by atoms with Crippen LogP contribution in [-0.2, 0) is 9.59 Å². The number of benzene rings is 6. The van der Waals surface area contributed by atoms with Crippen molar-refractivity contribution in [2.45, 2.75) is 131 Å². The molecule has 6 aromatic rings. The van der Waals surface area contributed by atoms with Crippen molar-refractivity contribution in [2.75, 3.05) is 37.1 Å². The summed E-state index contributed by atoms with van der Waals surface area (Å²) in [5.41, 5.74) is 10.4. The number of hydrogen-bond donors (Lipinski definition) is 2. The molecule has 2 N–H and O–H groups in total. The van der Waals surface area contributed by atoms with Crippen molar-refractivity contribution in [3.8, 4) is 23.0 Å². The van der Waals surface area contributed by atoms with E-state index in [0.29, 0.717) is 33.8 Å². The summed E-state index contributed by atoms with van der Waals surface area (Å²) in [6, 6.07) is 46.1. The van der Waals surface area contributed by atoms with Crippen molar-refractivity contribution in [2.24, 2.45) is 0 Å². The fourth-order valence-electron chi connectivity index (χ4n) is 13.3. The van der Waals surface area contributed by atoms with E-state index in [0.717, 1.165) is 108 Å². The molecule has 4 unspecified atom stereocenters. The minimum Gasteiger partial charge on any atom is -0.871 e. The Bertz CT molecular complexity index is 3930. The molecule has 98 heavy (non-hydrogen) atoms. The maximum absolute atomic E-state index is 13.8. The number of carbonyl (C=O) groups is 4. The summed E-state index contributed by atoms with van der Waals surface area (Å²) in [6.07, 6.45) is 21.2. The first kappa shape index (κ1) is 70.1. The molecule has 0 saturated carbocycles. The number of Topliss-reactive ketones (excluding diaryl/α,β-unsaturated/α-hetero) is 2. The lowest BCUT2D eigenvalue weighted by Crippen LogP contribution is -2.37. The van der Waals surface area contributed by atoms with E-state index in [4.69, 9.17) is 18.9 Å². The Morgan fingerprint density at radius 1 is 0.408 bits per heavy atom. The molecule has 16 nitrogen and oxygen atoms in total. The first-order valence-corrected chi connectivity index (χ1v) is 34.1. The molecule has 4 aliphatic carbocycles. The normalized spacial score (nSPS) is 15.3. The Labute approximate surface area is 575 Å². The molecule has 0 fully saturated rings. The zero-order valence-corrected chi connectivity index (χ0v) is 57.7. The molecule has 2 amide bonds. The van der Waals surface area contributed by atoms with E-state index in [1.54, 1.807) is 38.5 Å². The minimum absolute atomic E-state index is 0.0672. The molecule has 0 saturated heterocycles. The van der Waals surface area contributed by atoms with Crippen LogP contribution in [0.5, 0.6) is 23.0 Å². The van der Waals surface area contributed by atoms with Crippen molar-refractivity contribution < 1.29 is 57.5 Å². The molecule has 0 aromatic heterocycles. The van der Waals surface area contributed by atoms with E-state index in [1.807, 2.05) is 170 Å². The highest BCUT2D eigenvalue weighted by molar-refractivity contribution is 6.40. The van der Waals surface area contributed by atoms with Crippen molar-refractivity contribution in [1.29, 1.82) is 0 Å². The Hall–Kier alpha value is -10.7. The minimum atomic E-state index is -0.699. The molecule has 0 spiro atoms. The van der Waals surface area contributed by atoms with E-state index in [9.17, 15) is 29.4 Å². The van der Waals surface area contributed by atoms with Crippen LogP contribution < -0.4 is 49.6 Å². The van der Waals surface area contributed by atoms with Crippen LogP contribution in [0.2, 0.25) is 0 Å². The number of ketones is 2. The first-order chi connectivity index (χ1) is 47.5. The molecule has 4 aliphatic rings. The summed E-state index contributed by atoms with van der Waals surface area (Å²) >= 11 is 0. The lowest BCUT2D eigenvalue weighted by atomic mass is 9.80. The van der Waals surface area contributed by atoms with Crippen LogP contribution in [0.15, 0.2) is 228 Å². The SMILES string of the molecule is CCCC(C)N(c1ccc(OC)cc1)c1ccc(C2=C([O-])C(=C3C=CC(=[N+](c4ccc(OC(=O)NCCNC(=O)Oc5ccc([N+](=C6C=CC(=C7C(=O)C(c8ccc(N(c9ccc(OC)cc9)C(C)CCC)cc8)=C7[O-])C=C6)C(C)CCC)cc5)cc4)C(C)CCC)C=C3)C2=O)cc1. The molecule has 10 rings (SSSR count). The molecule has 0 bridgehead atoms. The van der Waals surface area contributed by atoms with Gasteiger partial charge in [0.05, 0.1) is 14.2 Å². The second-order valence-electron chi connectivity index (χ2n) is 25.1. The van der Waals surface area contributed by atoms with E-state index in [-0.39, 0.29) is 82.6 Å². The molecule has 6 aromatic carbocycles. The number of hydrogen-bond acceptors (Lipinski definition) is 12. The van der Waals surface area contributed by atoms with Gasteiger partial charge in [0.25, 0.3) is 0 Å². The van der Waals surface area contributed by atoms with Gasteiger partial charge in [0, 0.05) is 132 Å². The smallest absolute Gasteiger partial charge is 0.412 e. The summed E-state index contributed by atoms with van der Waals surface area (Å²) in [7, 11) is 3.30. The molecule has 506 valence electrons. The average molecular weight is 1320 g/mol. The maximum atomic E-state index is 13.8. The van der Waals surface area contributed by atoms with Gasteiger partial charge in [-0.05, 0) is 197 Å². The second-order valence-corrected chi connectivity index (χ2v) is 25.1. The average Bonchev–Trinajstić information content (AvgIpc) is 0.751. The van der Waals surface area contributed by atoms with Gasteiger partial charge in [-0.3, -0.25) is 9.59 Å². The highest BCUT2D eigenvalue weighted by Gasteiger charge is 2.34. The van der Waals surface area contributed by atoms with Crippen LogP contribution in [0.4, 0.5) is 43.7 Å². The van der Waals surface area contributed by atoms with Crippen molar-refractivity contribution in [3.63, 3.8) is 0 Å². The summed E-state index contributed by atoms with van der Waals surface area (Å²) in [4.78, 5) is 57.9. The zero-order chi connectivity index (χ0) is 69.6. The van der Waals surface area contributed by atoms with E-state index in [1.165, 1.54) is 0 Å². The zero-order valence-electron chi connectivity index (χ0n) is 57.7. The van der Waals surface area contributed by atoms with Crippen molar-refractivity contribution in [3.05, 3.63) is 239 Å². The van der Waals surface area contributed by atoms with Gasteiger partial charge in [-0.2, -0.15) is 9.15 Å². The third-order valence-corrected chi connectivity index (χ3v) is 18.2. The third-order valence-electron chi connectivity index (χ3n) is 18.2. The maximum Gasteiger partial charge on any atom is 0.412 e. The monoisotopic (exact) mass is 1320 g/mol. The van der Waals surface area contributed by atoms with Crippen LogP contribution in [-0.4, -0.2) is 95.8 Å². The number of anilines is 4. The van der Waals surface area contributed by atoms with Crippen LogP contribution in [0.1, 0.15) is 118 Å². The lowest BCUT2D eigenvalue weighted by Gasteiger charge is -2.34. The third kappa shape index (κ3) is 15.7. The van der Waals surface area contributed by atoms with Crippen LogP contribution >= 0.6 is 0 Å². The second kappa shape index (κ2) is 32.3. The van der Waals surface area contributed by atoms with Crippen molar-refractivity contribution in [1.82, 2.24) is 10.6 Å². The Morgan fingerprint density at radius 3 is 0.990 bits per heavy atom. The van der Waals surface area contributed by atoms with Gasteiger partial charge in [-0.25, -0.2) is 9.59 Å². The Morgan fingerprint density at radius 2 is 0.704 bits per heavy atom. The topological polar surface area (TPSA) is 188 Å². The van der Waals surface area contributed by atoms with Gasteiger partial charge in [0.2, 0.25) is 22.8 Å². The largest absolute Gasteiger partial charge is 0.871 e. The fraction of sp³-hybridized carbons (Fsp3) is 0.293. The van der Waals surface area contributed by atoms with Gasteiger partial charge in [-0.15, -0.1) is 0 Å². The lowest BCUT2D eigenvalue weighted by molar-refractivity contribution is -0.480. The number of allylic oxidation sites excluding steroid dienone is 14. The van der Waals surface area contributed by atoms with Gasteiger partial charge < -0.3 is 49.6 Å². The number of rotatable bonds is 27. The molecular formula is C82H88N6O10. The molecular weight excluding hydrogens is 1230 g/mol. The molecule has 0 heterocycles. The predicted octanol–water partition coefficient (Wildman–Crippen LogP) is 15.3. The molecule has 0 radical (unpaired) electrons. The van der Waals surface area contributed by atoms with E-state index < -0.39 is 12.2 Å². The van der Waals surface area contributed by atoms with Gasteiger partial charge >= 0.3 is 12.2 Å². The summed E-state index contributed by atoms with van der Waals surface area (Å²) < 4.78 is 26.3. The number of carbonyl (C=O) groups excluding carboxylic acids is 4. The quantitative estimate of drug-likeness (QED) is 0.0283. The highest BCUT2D eigenvalue weighted by atomic mass is 16.6. The van der Waals surface area contributed by atoms with Crippen LogP contribution in [0, 0.1) is 0 Å². The Kier molecular flexibility index (Phi) is 23.1. The van der Waals surface area contributed by atoms with Gasteiger partial charge in [-0.1, -0.05) is 76.3 Å². The standard InChI is InChI=1S/C82H88N6O10/c1-11-15-53(5)85(65-35-43-69(95-9)44-36-65)61-27-19-57(20-28-61)73-77(89)75(78(73)90)59-23-31-63(32-24-59)87(55(7)17-13-3)67-39-47-71(48-40-67)97-81(93)83-51-52-84-82(94)98-72-49-41-68(42-50-72)88(56(8)18-14-4)64-33-25-60(26-34-64)76-79(91)74(80(76)92)58-21-29-62(30-22-58)86(54(6)16-12-2)66-37-45-70(96-10)46-38-66/h19-50,53-56H,11-18,51-52H2,1-10H3,(H2-2,83,84,89,90,91,92,93,94). The summed E-state index contributed by atoms with van der Waals surface area (Å²) in [6.45, 7) is 17.4. The molecule has 4 atom stereocenters. The van der Waals surface area contributed by atoms with Crippen LogP contribution in [0.25, 0.3) is 11.1 Å². The molecule has 16 heteroatoms. The number of nitrogens with one attached hydrogen (secondary N) is 2. The Balaban J connectivity index is 0.716. The van der Waals surface area contributed by atoms with Gasteiger partial charge in [0.15, 0.2) is 23.7 Å². The predicted molar refractivity (Wildman–Crippen MR) is 386 cm³/mol. The number of ether oxygens (including phenoxy) is 4. The van der Waals surface area contributed by atoms with Crippen molar-refractivity contribution >= 4 is 80.4 Å². The fourth-order valence-corrected chi connectivity index (χ4v) is 13.3.